The summed E-state index contributed by atoms with van der Waals surface area (Å²) in [6.45, 7) is 3.05. The Labute approximate surface area is 222 Å². The predicted molar refractivity (Wildman–Crippen MR) is 129 cm³/mol. The Morgan fingerprint density at radius 1 is 1.06 bits per heavy atom. The number of carbonyl (C=O) groups excluding carboxylic acids is 1. The van der Waals surface area contributed by atoms with Gasteiger partial charge >= 0.3 is 0 Å². The quantitative estimate of drug-likeness (QED) is 0.423. The topological polar surface area (TPSA) is 47.6 Å². The van der Waals surface area contributed by atoms with Crippen molar-refractivity contribution in [2.24, 2.45) is 0 Å². The van der Waals surface area contributed by atoms with E-state index in [0.29, 0.717) is 40.4 Å². The molecular formula is C25H29Cl2IN2O3. The van der Waals surface area contributed by atoms with Crippen LogP contribution in [0.4, 0.5) is 5.69 Å². The van der Waals surface area contributed by atoms with Crippen LogP contribution in [-0.2, 0) is 16.1 Å². The maximum absolute atomic E-state index is 12.9. The molecule has 5 nitrogen and oxygen atoms in total. The van der Waals surface area contributed by atoms with Gasteiger partial charge in [-0.15, -0.1) is 0 Å². The number of fused-ring (bicyclic) bond motifs is 1. The molecule has 4 rings (SSSR count). The van der Waals surface area contributed by atoms with Crippen molar-refractivity contribution in [1.29, 1.82) is 0 Å². The molecule has 2 aliphatic heterocycles. The Morgan fingerprint density at radius 3 is 2.42 bits per heavy atom. The SMILES string of the molecule is C[N+](C)(Cc1ccc(NC(=O)C2=Cc3cc(Cl)c(Cl)cc3OCC2)cc1)C1CCOCC1.[I-]. The zero-order valence-electron chi connectivity index (χ0n) is 18.9. The number of rotatable bonds is 5. The van der Waals surface area contributed by atoms with Crippen LogP contribution in [0.3, 0.4) is 0 Å². The van der Waals surface area contributed by atoms with Gasteiger partial charge in [0.05, 0.1) is 50.0 Å². The van der Waals surface area contributed by atoms with E-state index in [1.54, 1.807) is 12.1 Å². The minimum atomic E-state index is -0.140. The molecule has 1 amide bonds. The van der Waals surface area contributed by atoms with Crippen molar-refractivity contribution < 1.29 is 42.7 Å². The van der Waals surface area contributed by atoms with E-state index < -0.39 is 0 Å². The summed E-state index contributed by atoms with van der Waals surface area (Å²) < 4.78 is 12.2. The molecule has 0 unspecified atom stereocenters. The van der Waals surface area contributed by atoms with Crippen molar-refractivity contribution in [2.75, 3.05) is 39.2 Å². The van der Waals surface area contributed by atoms with Crippen LogP contribution in [0.5, 0.6) is 5.75 Å². The number of nitrogens with zero attached hydrogens (tertiary/aromatic N) is 1. The van der Waals surface area contributed by atoms with Crippen LogP contribution in [-0.4, -0.2) is 50.3 Å². The van der Waals surface area contributed by atoms with Gasteiger partial charge in [-0.2, -0.15) is 0 Å². The van der Waals surface area contributed by atoms with E-state index in [4.69, 9.17) is 32.7 Å². The minimum absolute atomic E-state index is 0. The number of benzene rings is 2. The maximum atomic E-state index is 12.9. The molecule has 2 aromatic carbocycles. The van der Waals surface area contributed by atoms with E-state index in [1.165, 1.54) is 5.56 Å². The van der Waals surface area contributed by atoms with E-state index in [0.717, 1.165) is 48.3 Å². The standard InChI is InChI=1S/C25H28Cl2N2O3.HI/c1-29(2,21-8-10-31-11-9-21)16-17-3-5-20(6-4-17)28-25(30)18-7-12-32-24-15-23(27)22(26)14-19(24)13-18;/h3-6,13-15,21H,7-12,16H2,1-2H3;1H. The fourth-order valence-electron chi connectivity index (χ4n) is 4.38. The van der Waals surface area contributed by atoms with Gasteiger partial charge in [0.25, 0.3) is 5.91 Å². The first-order chi connectivity index (χ1) is 15.3. The Balaban J connectivity index is 0.00000306. The second-order valence-corrected chi connectivity index (χ2v) is 9.82. The van der Waals surface area contributed by atoms with Gasteiger partial charge in [0, 0.05) is 47.7 Å². The highest BCUT2D eigenvalue weighted by Gasteiger charge is 2.30. The van der Waals surface area contributed by atoms with Crippen molar-refractivity contribution in [3.05, 3.63) is 63.1 Å². The number of ether oxygens (including phenoxy) is 2. The van der Waals surface area contributed by atoms with Gasteiger partial charge in [0.2, 0.25) is 0 Å². The Morgan fingerprint density at radius 2 is 1.73 bits per heavy atom. The van der Waals surface area contributed by atoms with Crippen molar-refractivity contribution in [3.8, 4) is 5.75 Å². The lowest BCUT2D eigenvalue weighted by molar-refractivity contribution is -0.929. The lowest BCUT2D eigenvalue weighted by Gasteiger charge is -2.40. The van der Waals surface area contributed by atoms with Crippen molar-refractivity contribution in [2.45, 2.75) is 31.8 Å². The lowest BCUT2D eigenvalue weighted by Crippen LogP contribution is -3.00. The Hall–Kier alpha value is -1.32. The summed E-state index contributed by atoms with van der Waals surface area (Å²) in [7, 11) is 4.56. The molecule has 33 heavy (non-hydrogen) atoms. The second kappa shape index (κ2) is 11.4. The highest BCUT2D eigenvalue weighted by molar-refractivity contribution is 6.42. The van der Waals surface area contributed by atoms with Crippen LogP contribution in [0.15, 0.2) is 42.0 Å². The number of nitrogens with one attached hydrogen (secondary N) is 1. The second-order valence-electron chi connectivity index (χ2n) is 9.00. The molecule has 0 bridgehead atoms. The molecule has 0 radical (unpaired) electrons. The van der Waals surface area contributed by atoms with Crippen LogP contribution < -0.4 is 34.0 Å². The summed E-state index contributed by atoms with van der Waals surface area (Å²) in [5.74, 6) is 0.496. The summed E-state index contributed by atoms with van der Waals surface area (Å²) >= 11 is 12.2. The van der Waals surface area contributed by atoms with Crippen molar-refractivity contribution >= 4 is 40.9 Å². The molecule has 1 saturated heterocycles. The summed E-state index contributed by atoms with van der Waals surface area (Å²) in [5, 5.41) is 3.88. The molecule has 1 N–H and O–H groups in total. The van der Waals surface area contributed by atoms with Gasteiger partial charge in [-0.05, 0) is 24.3 Å². The van der Waals surface area contributed by atoms with E-state index in [9.17, 15) is 4.79 Å². The number of amides is 1. The van der Waals surface area contributed by atoms with E-state index in [2.05, 4.69) is 31.5 Å². The molecule has 2 aromatic rings. The molecule has 2 heterocycles. The molecule has 0 saturated carbocycles. The summed E-state index contributed by atoms with van der Waals surface area (Å²) in [6, 6.07) is 12.2. The van der Waals surface area contributed by atoms with Gasteiger partial charge in [0.1, 0.15) is 12.3 Å². The highest BCUT2D eigenvalue weighted by atomic mass is 127. The van der Waals surface area contributed by atoms with Crippen LogP contribution in [0.2, 0.25) is 10.0 Å². The third-order valence-electron chi connectivity index (χ3n) is 6.28. The minimum Gasteiger partial charge on any atom is -1.00 e. The first-order valence-electron chi connectivity index (χ1n) is 10.9. The Kier molecular flexibility index (Phi) is 9.08. The number of quaternary nitrogens is 1. The van der Waals surface area contributed by atoms with Crippen LogP contribution >= 0.6 is 23.2 Å². The van der Waals surface area contributed by atoms with Crippen LogP contribution in [0.25, 0.3) is 6.08 Å². The van der Waals surface area contributed by atoms with Crippen molar-refractivity contribution in [1.82, 2.24) is 0 Å². The molecular weight excluding hydrogens is 574 g/mol. The van der Waals surface area contributed by atoms with E-state index in [1.807, 2.05) is 18.2 Å². The summed E-state index contributed by atoms with van der Waals surface area (Å²) in [5.41, 5.74) is 3.42. The molecule has 1 fully saturated rings. The lowest BCUT2D eigenvalue weighted by atomic mass is 10.0. The van der Waals surface area contributed by atoms with Gasteiger partial charge in [-0.1, -0.05) is 35.3 Å². The van der Waals surface area contributed by atoms with Gasteiger partial charge in [-0.25, -0.2) is 0 Å². The number of hydrogen-bond acceptors (Lipinski definition) is 3. The van der Waals surface area contributed by atoms with Crippen molar-refractivity contribution in [3.63, 3.8) is 0 Å². The molecule has 0 aliphatic carbocycles. The van der Waals surface area contributed by atoms with Crippen LogP contribution in [0, 0.1) is 0 Å². The third-order valence-corrected chi connectivity index (χ3v) is 7.01. The smallest absolute Gasteiger partial charge is 0.251 e. The Bertz CT molecular complexity index is 1020. The molecule has 0 atom stereocenters. The molecule has 8 heteroatoms. The predicted octanol–water partition coefficient (Wildman–Crippen LogP) is 2.56. The average molecular weight is 603 g/mol. The average Bonchev–Trinajstić information content (AvgIpc) is 2.98. The molecule has 0 spiro atoms. The number of hydrogen-bond donors (Lipinski definition) is 1. The first-order valence-corrected chi connectivity index (χ1v) is 11.7. The van der Waals surface area contributed by atoms with Crippen LogP contribution in [0.1, 0.15) is 30.4 Å². The monoisotopic (exact) mass is 602 g/mol. The summed E-state index contributed by atoms with van der Waals surface area (Å²) in [6.07, 6.45) is 4.52. The highest BCUT2D eigenvalue weighted by Crippen LogP contribution is 2.34. The zero-order valence-corrected chi connectivity index (χ0v) is 22.5. The van der Waals surface area contributed by atoms with Gasteiger partial charge in [-0.3, -0.25) is 4.79 Å². The zero-order chi connectivity index (χ0) is 22.7. The van der Waals surface area contributed by atoms with E-state index in [-0.39, 0.29) is 29.9 Å². The maximum Gasteiger partial charge on any atom is 0.251 e. The molecule has 0 aromatic heterocycles. The number of carbonyl (C=O) groups is 1. The first kappa shape index (κ1) is 26.3. The fraction of sp³-hybridized carbons (Fsp3) is 0.400. The summed E-state index contributed by atoms with van der Waals surface area (Å²) in [4.78, 5) is 12.9. The van der Waals surface area contributed by atoms with Gasteiger partial charge in [0.15, 0.2) is 0 Å². The number of anilines is 1. The molecule has 2 aliphatic rings. The number of halogens is 3. The molecule has 178 valence electrons. The third kappa shape index (κ3) is 6.63. The van der Waals surface area contributed by atoms with Gasteiger partial charge < -0.3 is 43.3 Å². The normalized spacial score (nSPS) is 16.5. The van der Waals surface area contributed by atoms with E-state index >= 15 is 0 Å². The largest absolute Gasteiger partial charge is 1.00 e. The fourth-order valence-corrected chi connectivity index (χ4v) is 4.71.